The SMILES string of the molecule is CCOC(=O)[N+](C)(C(=O)OCC)c1ccc(-c2ncnc(C(Cl)(Cl)Cl)n2)cc1Br. The topological polar surface area (TPSA) is 91.3 Å². The van der Waals surface area contributed by atoms with Gasteiger partial charge in [0.05, 0.1) is 24.7 Å². The van der Waals surface area contributed by atoms with E-state index < -0.39 is 20.5 Å². The van der Waals surface area contributed by atoms with E-state index in [0.717, 1.165) is 0 Å². The molecule has 0 N–H and O–H groups in total. The molecule has 0 saturated heterocycles. The summed E-state index contributed by atoms with van der Waals surface area (Å²) in [5.41, 5.74) is 0.846. The molecule has 2 rings (SSSR count). The van der Waals surface area contributed by atoms with Crippen LogP contribution < -0.4 is 4.48 Å². The summed E-state index contributed by atoms with van der Waals surface area (Å²) < 4.78 is 7.94. The minimum Gasteiger partial charge on any atom is -0.420 e. The zero-order chi connectivity index (χ0) is 21.8. The monoisotopic (exact) mass is 525 g/mol. The number of aromatic nitrogens is 3. The Bertz CT molecular complexity index is 906. The molecule has 0 atom stereocenters. The van der Waals surface area contributed by atoms with Crippen LogP contribution in [0.2, 0.25) is 0 Å². The lowest BCUT2D eigenvalue weighted by atomic mass is 10.1. The summed E-state index contributed by atoms with van der Waals surface area (Å²) in [6.07, 6.45) is -0.338. The van der Waals surface area contributed by atoms with Gasteiger partial charge in [0, 0.05) is 11.6 Å². The highest BCUT2D eigenvalue weighted by atomic mass is 79.9. The van der Waals surface area contributed by atoms with Gasteiger partial charge in [-0.15, -0.1) is 0 Å². The molecule has 2 aromatic rings. The molecule has 1 heterocycles. The molecule has 0 unspecified atom stereocenters. The highest BCUT2D eigenvalue weighted by molar-refractivity contribution is 9.10. The number of rotatable bonds is 4. The van der Waals surface area contributed by atoms with Crippen molar-refractivity contribution in [2.45, 2.75) is 17.6 Å². The van der Waals surface area contributed by atoms with Gasteiger partial charge in [0.1, 0.15) is 6.33 Å². The van der Waals surface area contributed by atoms with Gasteiger partial charge in [0.15, 0.2) is 17.3 Å². The van der Waals surface area contributed by atoms with Crippen LogP contribution in [-0.2, 0) is 13.3 Å². The van der Waals surface area contributed by atoms with Crippen molar-refractivity contribution in [1.29, 1.82) is 0 Å². The van der Waals surface area contributed by atoms with E-state index in [1.165, 1.54) is 13.4 Å². The normalized spacial score (nSPS) is 11.8. The maximum absolute atomic E-state index is 12.6. The fourth-order valence-corrected chi connectivity index (χ4v) is 3.36. The first-order chi connectivity index (χ1) is 13.6. The van der Waals surface area contributed by atoms with Crippen molar-refractivity contribution >= 4 is 68.6 Å². The van der Waals surface area contributed by atoms with E-state index in [1.807, 2.05) is 0 Å². The fraction of sp³-hybridized carbons (Fsp3) is 0.353. The third kappa shape index (κ3) is 5.16. The maximum atomic E-state index is 12.6. The Morgan fingerprint density at radius 1 is 1.10 bits per heavy atom. The van der Waals surface area contributed by atoms with Gasteiger partial charge in [-0.2, -0.15) is 9.59 Å². The first-order valence-corrected chi connectivity index (χ1v) is 10.3. The largest absolute Gasteiger partial charge is 0.531 e. The zero-order valence-electron chi connectivity index (χ0n) is 15.7. The molecule has 0 saturated carbocycles. The smallest absolute Gasteiger partial charge is 0.420 e. The van der Waals surface area contributed by atoms with Crippen molar-refractivity contribution in [3.05, 3.63) is 34.8 Å². The maximum Gasteiger partial charge on any atom is 0.531 e. The van der Waals surface area contributed by atoms with E-state index in [1.54, 1.807) is 32.0 Å². The summed E-state index contributed by atoms with van der Waals surface area (Å²) in [6, 6.07) is 4.81. The molecular formula is C17H17BrCl3N4O4+. The summed E-state index contributed by atoms with van der Waals surface area (Å²) in [4.78, 5) is 37.3. The van der Waals surface area contributed by atoms with Crippen LogP contribution in [0.25, 0.3) is 11.4 Å². The Labute approximate surface area is 190 Å². The van der Waals surface area contributed by atoms with E-state index in [0.29, 0.717) is 15.7 Å². The molecule has 156 valence electrons. The summed E-state index contributed by atoms with van der Waals surface area (Å²) in [5.74, 6) is 0.210. The minimum atomic E-state index is -1.81. The van der Waals surface area contributed by atoms with E-state index >= 15 is 0 Å². The van der Waals surface area contributed by atoms with Crippen LogP contribution in [0.15, 0.2) is 29.0 Å². The molecule has 0 bridgehead atoms. The Morgan fingerprint density at radius 3 is 2.17 bits per heavy atom. The van der Waals surface area contributed by atoms with Crippen molar-refractivity contribution in [2.24, 2.45) is 0 Å². The molecule has 0 spiro atoms. The quantitative estimate of drug-likeness (QED) is 0.390. The Hall–Kier alpha value is -1.52. The summed E-state index contributed by atoms with van der Waals surface area (Å²) in [5, 5.41) is 0. The molecule has 12 heteroatoms. The number of benzene rings is 1. The number of imide groups is 1. The molecule has 0 aliphatic carbocycles. The molecule has 8 nitrogen and oxygen atoms in total. The zero-order valence-corrected chi connectivity index (χ0v) is 19.5. The van der Waals surface area contributed by atoms with Crippen molar-refractivity contribution in [3.63, 3.8) is 0 Å². The van der Waals surface area contributed by atoms with E-state index in [4.69, 9.17) is 44.3 Å². The third-order valence-corrected chi connectivity index (χ3v) is 4.92. The van der Waals surface area contributed by atoms with Gasteiger partial charge in [0.25, 0.3) is 0 Å². The van der Waals surface area contributed by atoms with E-state index in [2.05, 4.69) is 30.9 Å². The number of quaternary nitrogens is 1. The van der Waals surface area contributed by atoms with Gasteiger partial charge in [0.2, 0.25) is 3.79 Å². The van der Waals surface area contributed by atoms with Gasteiger partial charge in [-0.1, -0.05) is 39.3 Å². The Balaban J connectivity index is 2.53. The average Bonchev–Trinajstić information content (AvgIpc) is 2.67. The van der Waals surface area contributed by atoms with Crippen LogP contribution in [0.3, 0.4) is 0 Å². The highest BCUT2D eigenvalue weighted by Crippen LogP contribution is 2.38. The molecular weight excluding hydrogens is 510 g/mol. The number of amides is 2. The van der Waals surface area contributed by atoms with Crippen molar-refractivity contribution < 1.29 is 19.1 Å². The van der Waals surface area contributed by atoms with Gasteiger partial charge in [-0.25, -0.2) is 15.0 Å². The molecule has 1 aromatic heterocycles. The van der Waals surface area contributed by atoms with E-state index in [-0.39, 0.29) is 24.9 Å². The highest BCUT2D eigenvalue weighted by Gasteiger charge is 2.48. The van der Waals surface area contributed by atoms with Crippen LogP contribution >= 0.6 is 50.7 Å². The third-order valence-electron chi connectivity index (χ3n) is 3.78. The molecule has 29 heavy (non-hydrogen) atoms. The first-order valence-electron chi connectivity index (χ1n) is 8.33. The van der Waals surface area contributed by atoms with Gasteiger partial charge >= 0.3 is 12.2 Å². The lowest BCUT2D eigenvalue weighted by Crippen LogP contribution is -2.56. The minimum absolute atomic E-state index is 0.0358. The van der Waals surface area contributed by atoms with E-state index in [9.17, 15) is 9.59 Å². The average molecular weight is 528 g/mol. The van der Waals surface area contributed by atoms with Crippen LogP contribution in [0.5, 0.6) is 0 Å². The number of carbonyl (C=O) groups is 2. The number of carbonyl (C=O) groups excluding carboxylic acids is 2. The van der Waals surface area contributed by atoms with Crippen molar-refractivity contribution in [2.75, 3.05) is 20.3 Å². The number of hydrogen-bond acceptors (Lipinski definition) is 7. The van der Waals surface area contributed by atoms with Crippen LogP contribution in [0.4, 0.5) is 15.3 Å². The van der Waals surface area contributed by atoms with Gasteiger partial charge < -0.3 is 9.47 Å². The Morgan fingerprint density at radius 2 is 1.69 bits per heavy atom. The molecule has 0 radical (unpaired) electrons. The second-order valence-corrected chi connectivity index (χ2v) is 8.84. The predicted octanol–water partition coefficient (Wildman–Crippen LogP) is 5.38. The second kappa shape index (κ2) is 9.53. The first kappa shape index (κ1) is 23.8. The van der Waals surface area contributed by atoms with Crippen LogP contribution in [0, 0.1) is 0 Å². The predicted molar refractivity (Wildman–Crippen MR) is 114 cm³/mol. The lowest BCUT2D eigenvalue weighted by molar-refractivity contribution is 0.0904. The number of hydrogen-bond donors (Lipinski definition) is 0. The second-order valence-electron chi connectivity index (χ2n) is 5.70. The molecule has 1 aromatic carbocycles. The molecule has 0 aliphatic rings. The van der Waals surface area contributed by atoms with Crippen LogP contribution in [-0.4, -0.2) is 47.4 Å². The Kier molecular flexibility index (Phi) is 7.80. The number of ether oxygens (including phenoxy) is 2. The summed E-state index contributed by atoms with van der Waals surface area (Å²) in [6.45, 7) is 3.50. The summed E-state index contributed by atoms with van der Waals surface area (Å²) >= 11 is 20.9. The standard InChI is InChI=1S/C17H17BrCl3N4O4/c1-4-28-15(26)25(3,16(27)29-5-2)12-7-6-10(8-11(12)18)13-22-9-23-14(24-13)17(19,20)21/h6-9H,4-5H2,1-3H3/q+1. The summed E-state index contributed by atoms with van der Waals surface area (Å²) in [7, 11) is 1.39. The molecule has 0 fully saturated rings. The fourth-order valence-electron chi connectivity index (χ4n) is 2.36. The van der Waals surface area contributed by atoms with Crippen molar-refractivity contribution in [3.8, 4) is 11.4 Å². The lowest BCUT2D eigenvalue weighted by Gasteiger charge is -2.26. The van der Waals surface area contributed by atoms with Crippen molar-refractivity contribution in [1.82, 2.24) is 19.4 Å². The van der Waals surface area contributed by atoms with Gasteiger partial charge in [-0.05, 0) is 41.9 Å². The number of halogens is 4. The molecule has 0 aliphatic heterocycles. The molecule has 2 amide bonds. The number of alkyl halides is 3. The van der Waals surface area contributed by atoms with Crippen LogP contribution in [0.1, 0.15) is 19.7 Å². The number of nitrogens with zero attached hydrogens (tertiary/aromatic N) is 4. The van der Waals surface area contributed by atoms with Gasteiger partial charge in [-0.3, -0.25) is 0 Å².